The second-order valence-electron chi connectivity index (χ2n) is 1.66. The number of benzene rings is 1. The van der Waals surface area contributed by atoms with Crippen LogP contribution in [0.5, 0.6) is 0 Å². The highest BCUT2D eigenvalue weighted by Crippen LogP contribution is 1.91. The van der Waals surface area contributed by atoms with E-state index in [1.54, 1.807) is 0 Å². The van der Waals surface area contributed by atoms with E-state index in [9.17, 15) is 0 Å². The minimum Gasteiger partial charge on any atom is -0.361 e. The summed E-state index contributed by atoms with van der Waals surface area (Å²) in [6.07, 6.45) is 1.39. The molecule has 0 aliphatic rings. The third-order valence-electron chi connectivity index (χ3n) is 1.01. The van der Waals surface area contributed by atoms with Crippen LogP contribution >= 0.6 is 0 Å². The molecule has 9 heavy (non-hydrogen) atoms. The van der Waals surface area contributed by atoms with Gasteiger partial charge in [-0.25, -0.2) is 0 Å². The van der Waals surface area contributed by atoms with Gasteiger partial charge in [0.05, 0.1) is 5.56 Å². The molecular weight excluding hydrogens is 112 g/mol. The summed E-state index contributed by atoms with van der Waals surface area (Å²) in [6.45, 7) is 0. The van der Waals surface area contributed by atoms with Gasteiger partial charge in [-0.15, -0.1) is 0 Å². The number of nitrogens with zero attached hydrogens (tertiary/aromatic N) is 2. The molecule has 0 heterocycles. The second kappa shape index (κ2) is 2.80. The molecule has 0 amide bonds. The Labute approximate surface area is 53.4 Å². The van der Waals surface area contributed by atoms with Gasteiger partial charge in [0.2, 0.25) is 0 Å². The molecule has 1 aromatic carbocycles. The molecule has 1 aromatic rings. The van der Waals surface area contributed by atoms with E-state index in [1.807, 2.05) is 30.3 Å². The van der Waals surface area contributed by atoms with Crippen LogP contribution in [0.3, 0.4) is 0 Å². The molecule has 0 N–H and O–H groups in total. The molecule has 0 aromatic heterocycles. The van der Waals surface area contributed by atoms with Crippen molar-refractivity contribution in [3.63, 3.8) is 0 Å². The maximum atomic E-state index is 8.09. The summed E-state index contributed by atoms with van der Waals surface area (Å²) in [6, 6.07) is 9.40. The Balaban J connectivity index is 2.97. The van der Waals surface area contributed by atoms with E-state index in [0.29, 0.717) is 0 Å². The van der Waals surface area contributed by atoms with Crippen LogP contribution in [0, 0.1) is 0 Å². The molecule has 0 saturated carbocycles. The van der Waals surface area contributed by atoms with Crippen molar-refractivity contribution in [1.29, 1.82) is 0 Å². The molecular formula is C7H6N2. The zero-order chi connectivity index (χ0) is 6.53. The summed E-state index contributed by atoms with van der Waals surface area (Å²) in [4.78, 5) is 2.88. The first-order valence-electron chi connectivity index (χ1n) is 2.66. The third-order valence-corrected chi connectivity index (χ3v) is 1.01. The van der Waals surface area contributed by atoms with Crippen molar-refractivity contribution in [3.05, 3.63) is 41.4 Å². The predicted octanol–water partition coefficient (Wildman–Crippen LogP) is 1.34. The average Bonchev–Trinajstić information content (AvgIpc) is 1.91. The molecule has 0 aliphatic carbocycles. The average molecular weight is 118 g/mol. The normalized spacial score (nSPS) is 8.00. The first-order valence-corrected chi connectivity index (χ1v) is 2.66. The monoisotopic (exact) mass is 118 g/mol. The van der Waals surface area contributed by atoms with Crippen molar-refractivity contribution in [2.45, 2.75) is 0 Å². The molecule has 0 unspecified atom stereocenters. The van der Waals surface area contributed by atoms with Crippen molar-refractivity contribution in [2.24, 2.45) is 0 Å². The van der Waals surface area contributed by atoms with E-state index in [4.69, 9.17) is 5.53 Å². The Morgan fingerprint density at radius 2 is 1.89 bits per heavy atom. The Morgan fingerprint density at radius 1 is 1.22 bits per heavy atom. The van der Waals surface area contributed by atoms with Gasteiger partial charge in [-0.2, -0.15) is 4.79 Å². The Kier molecular flexibility index (Phi) is 1.78. The largest absolute Gasteiger partial charge is 0.361 e. The van der Waals surface area contributed by atoms with Crippen LogP contribution in [-0.2, 0) is 0 Å². The van der Waals surface area contributed by atoms with Crippen LogP contribution in [-0.4, -0.2) is 11.0 Å². The summed E-state index contributed by atoms with van der Waals surface area (Å²) in [5, 5.41) is 0. The van der Waals surface area contributed by atoms with Gasteiger partial charge in [0.15, 0.2) is 0 Å². The lowest BCUT2D eigenvalue weighted by Gasteiger charge is -1.79. The highest BCUT2D eigenvalue weighted by atomic mass is 14.8. The van der Waals surface area contributed by atoms with Crippen molar-refractivity contribution in [2.75, 3.05) is 0 Å². The van der Waals surface area contributed by atoms with Crippen LogP contribution < -0.4 is 0 Å². The molecule has 0 aliphatic heterocycles. The van der Waals surface area contributed by atoms with Gasteiger partial charge in [0.25, 0.3) is 6.21 Å². The SMILES string of the molecule is [N-]=[N+]=Cc1ccccc1. The van der Waals surface area contributed by atoms with E-state index in [1.165, 1.54) is 6.21 Å². The standard InChI is InChI=1S/C7H6N2/c8-9-6-7-4-2-1-3-5-7/h1-6H. The highest BCUT2D eigenvalue weighted by Gasteiger charge is 1.84. The van der Waals surface area contributed by atoms with E-state index in [0.717, 1.165) is 5.56 Å². The maximum Gasteiger partial charge on any atom is 0.287 e. The van der Waals surface area contributed by atoms with Crippen LogP contribution in [0.1, 0.15) is 5.56 Å². The van der Waals surface area contributed by atoms with E-state index < -0.39 is 0 Å². The van der Waals surface area contributed by atoms with E-state index in [2.05, 4.69) is 4.79 Å². The first kappa shape index (κ1) is 5.73. The van der Waals surface area contributed by atoms with Crippen molar-refractivity contribution in [1.82, 2.24) is 0 Å². The molecule has 1 rings (SSSR count). The fraction of sp³-hybridized carbons (Fsp3) is 0. The lowest BCUT2D eigenvalue weighted by Crippen LogP contribution is -1.77. The fourth-order valence-corrected chi connectivity index (χ4v) is 0.606. The van der Waals surface area contributed by atoms with E-state index in [-0.39, 0.29) is 0 Å². The summed E-state index contributed by atoms with van der Waals surface area (Å²) >= 11 is 0. The van der Waals surface area contributed by atoms with Crippen molar-refractivity contribution < 1.29 is 4.79 Å². The smallest absolute Gasteiger partial charge is 0.287 e. The lowest BCUT2D eigenvalue weighted by molar-refractivity contribution is 0.00456. The Hall–Kier alpha value is -1.40. The van der Waals surface area contributed by atoms with Crippen molar-refractivity contribution in [3.8, 4) is 0 Å². The lowest BCUT2D eigenvalue weighted by atomic mass is 10.2. The molecule has 2 heteroatoms. The predicted molar refractivity (Wildman–Crippen MR) is 35.2 cm³/mol. The molecule has 0 atom stereocenters. The summed E-state index contributed by atoms with van der Waals surface area (Å²) in [5.74, 6) is 0. The zero-order valence-electron chi connectivity index (χ0n) is 4.86. The number of rotatable bonds is 1. The molecule has 0 saturated heterocycles. The number of hydrogen-bond donors (Lipinski definition) is 0. The topological polar surface area (TPSA) is 36.4 Å². The minimum atomic E-state index is 0.903. The van der Waals surface area contributed by atoms with Gasteiger partial charge in [-0.3, -0.25) is 0 Å². The summed E-state index contributed by atoms with van der Waals surface area (Å²) in [5.41, 5.74) is 8.99. The molecule has 0 radical (unpaired) electrons. The maximum absolute atomic E-state index is 8.09. The first-order chi connectivity index (χ1) is 4.43. The quantitative estimate of drug-likeness (QED) is 0.303. The Bertz CT molecular complexity index is 222. The van der Waals surface area contributed by atoms with Crippen LogP contribution in [0.25, 0.3) is 5.53 Å². The van der Waals surface area contributed by atoms with Gasteiger partial charge in [-0.1, -0.05) is 18.2 Å². The summed E-state index contributed by atoms with van der Waals surface area (Å²) in [7, 11) is 0. The summed E-state index contributed by atoms with van der Waals surface area (Å²) < 4.78 is 0. The van der Waals surface area contributed by atoms with Crippen LogP contribution in [0.2, 0.25) is 0 Å². The van der Waals surface area contributed by atoms with Gasteiger partial charge in [0.1, 0.15) is 0 Å². The molecule has 0 fully saturated rings. The van der Waals surface area contributed by atoms with Crippen LogP contribution in [0.15, 0.2) is 30.3 Å². The highest BCUT2D eigenvalue weighted by molar-refractivity contribution is 5.74. The number of hydrogen-bond acceptors (Lipinski definition) is 0. The van der Waals surface area contributed by atoms with Gasteiger partial charge >= 0.3 is 0 Å². The third kappa shape index (κ3) is 1.52. The zero-order valence-corrected chi connectivity index (χ0v) is 4.86. The Morgan fingerprint density at radius 3 is 2.44 bits per heavy atom. The molecule has 0 bridgehead atoms. The molecule has 2 nitrogen and oxygen atoms in total. The van der Waals surface area contributed by atoms with E-state index >= 15 is 0 Å². The van der Waals surface area contributed by atoms with Crippen molar-refractivity contribution >= 4 is 6.21 Å². The molecule has 0 spiro atoms. The second-order valence-corrected chi connectivity index (χ2v) is 1.66. The minimum absolute atomic E-state index is 0.903. The van der Waals surface area contributed by atoms with Crippen LogP contribution in [0.4, 0.5) is 0 Å². The fourth-order valence-electron chi connectivity index (χ4n) is 0.606. The van der Waals surface area contributed by atoms with Gasteiger partial charge in [0, 0.05) is 0 Å². The van der Waals surface area contributed by atoms with Gasteiger partial charge in [-0.05, 0) is 12.1 Å². The molecule has 44 valence electrons. The van der Waals surface area contributed by atoms with Gasteiger partial charge < -0.3 is 5.53 Å².